The van der Waals surface area contributed by atoms with Gasteiger partial charge in [-0.05, 0) is 11.1 Å². The minimum absolute atomic E-state index is 0.0944. The van der Waals surface area contributed by atoms with Crippen molar-refractivity contribution in [3.05, 3.63) is 53.2 Å². The van der Waals surface area contributed by atoms with Gasteiger partial charge in [0.1, 0.15) is 5.88 Å². The summed E-state index contributed by atoms with van der Waals surface area (Å²) in [6, 6.07) is 8.19. The summed E-state index contributed by atoms with van der Waals surface area (Å²) < 4.78 is 5.01. The molecule has 1 unspecified atom stereocenters. The van der Waals surface area contributed by atoms with Crippen molar-refractivity contribution in [3.8, 4) is 0 Å². The number of allylic oxidation sites excluding steroid dienone is 1. The van der Waals surface area contributed by atoms with Crippen molar-refractivity contribution in [2.75, 3.05) is 0 Å². The van der Waals surface area contributed by atoms with Crippen molar-refractivity contribution in [1.29, 1.82) is 0 Å². The summed E-state index contributed by atoms with van der Waals surface area (Å²) in [6.45, 7) is 0. The van der Waals surface area contributed by atoms with E-state index in [1.54, 1.807) is 0 Å². The third kappa shape index (κ3) is 1.44. The van der Waals surface area contributed by atoms with E-state index in [9.17, 15) is 0 Å². The van der Waals surface area contributed by atoms with Crippen molar-refractivity contribution < 1.29 is 4.52 Å². The second-order valence-electron chi connectivity index (χ2n) is 3.65. The Hall–Kier alpha value is -1.61. The lowest BCUT2D eigenvalue weighted by atomic mass is 10.0. The van der Waals surface area contributed by atoms with E-state index in [1.807, 2.05) is 12.1 Å². The zero-order valence-electron chi connectivity index (χ0n) is 8.43. The van der Waals surface area contributed by atoms with Crippen LogP contribution in [0.2, 0.25) is 0 Å². The standard InChI is InChI=1S/C12H9ClN2O/c13-7-11-14-12(15-16-11)10-6-5-8-3-1-2-4-9(8)10/h1-6,10H,7H2. The van der Waals surface area contributed by atoms with Crippen LogP contribution in [0.5, 0.6) is 0 Å². The van der Waals surface area contributed by atoms with Gasteiger partial charge in [0, 0.05) is 0 Å². The second kappa shape index (κ2) is 3.76. The number of rotatable bonds is 2. The van der Waals surface area contributed by atoms with Crippen LogP contribution in [0.4, 0.5) is 0 Å². The fraction of sp³-hybridized carbons (Fsp3) is 0.167. The average Bonchev–Trinajstić information content (AvgIpc) is 2.94. The molecule has 0 N–H and O–H groups in total. The molecular weight excluding hydrogens is 224 g/mol. The first kappa shape index (κ1) is 9.60. The number of benzene rings is 1. The van der Waals surface area contributed by atoms with Crippen LogP contribution in [0.25, 0.3) is 6.08 Å². The molecule has 0 amide bonds. The minimum atomic E-state index is 0.0944. The van der Waals surface area contributed by atoms with Gasteiger partial charge < -0.3 is 4.52 Å². The van der Waals surface area contributed by atoms with Gasteiger partial charge >= 0.3 is 0 Å². The molecule has 1 atom stereocenters. The maximum Gasteiger partial charge on any atom is 0.241 e. The van der Waals surface area contributed by atoms with Crippen molar-refractivity contribution >= 4 is 17.7 Å². The third-order valence-corrected chi connectivity index (χ3v) is 2.90. The molecule has 0 bridgehead atoms. The number of fused-ring (bicyclic) bond motifs is 1. The zero-order valence-corrected chi connectivity index (χ0v) is 9.19. The SMILES string of the molecule is ClCc1nc(C2C=Cc3ccccc32)no1. The van der Waals surface area contributed by atoms with Gasteiger partial charge in [-0.15, -0.1) is 11.6 Å². The summed E-state index contributed by atoms with van der Waals surface area (Å²) in [5, 5.41) is 3.95. The highest BCUT2D eigenvalue weighted by molar-refractivity contribution is 6.16. The summed E-state index contributed by atoms with van der Waals surface area (Å²) in [5.74, 6) is 1.49. The second-order valence-corrected chi connectivity index (χ2v) is 3.91. The molecule has 1 aliphatic carbocycles. The smallest absolute Gasteiger partial charge is 0.241 e. The number of nitrogens with zero attached hydrogens (tertiary/aromatic N) is 2. The molecule has 16 heavy (non-hydrogen) atoms. The molecule has 3 rings (SSSR count). The Bertz CT molecular complexity index is 547. The molecule has 0 saturated carbocycles. The van der Waals surface area contributed by atoms with Gasteiger partial charge in [-0.25, -0.2) is 0 Å². The lowest BCUT2D eigenvalue weighted by Gasteiger charge is -2.04. The van der Waals surface area contributed by atoms with Crippen molar-refractivity contribution in [3.63, 3.8) is 0 Å². The number of halogens is 1. The first-order chi connectivity index (χ1) is 7.88. The van der Waals surface area contributed by atoms with Crippen molar-refractivity contribution in [2.24, 2.45) is 0 Å². The maximum absolute atomic E-state index is 5.63. The molecule has 1 aliphatic rings. The van der Waals surface area contributed by atoms with E-state index < -0.39 is 0 Å². The molecule has 3 nitrogen and oxygen atoms in total. The fourth-order valence-electron chi connectivity index (χ4n) is 1.92. The molecule has 2 aromatic rings. The van der Waals surface area contributed by atoms with Gasteiger partial charge in [0.15, 0.2) is 5.82 Å². The fourth-order valence-corrected chi connectivity index (χ4v) is 2.03. The molecule has 0 radical (unpaired) electrons. The Morgan fingerprint density at radius 1 is 1.31 bits per heavy atom. The molecular formula is C12H9ClN2O. The van der Waals surface area contributed by atoms with Gasteiger partial charge in [0.05, 0.1) is 5.92 Å². The Kier molecular flexibility index (Phi) is 2.26. The lowest BCUT2D eigenvalue weighted by molar-refractivity contribution is 0.384. The molecule has 0 aliphatic heterocycles. The topological polar surface area (TPSA) is 38.9 Å². The largest absolute Gasteiger partial charge is 0.338 e. The minimum Gasteiger partial charge on any atom is -0.338 e. The number of hydrogen-bond donors (Lipinski definition) is 0. The molecule has 1 aromatic carbocycles. The summed E-state index contributed by atoms with van der Waals surface area (Å²) in [7, 11) is 0. The Labute approximate surface area is 97.7 Å². The molecule has 4 heteroatoms. The lowest BCUT2D eigenvalue weighted by Crippen LogP contribution is -1.98. The monoisotopic (exact) mass is 232 g/mol. The molecule has 0 saturated heterocycles. The molecule has 1 heterocycles. The summed E-state index contributed by atoms with van der Waals surface area (Å²) in [5.41, 5.74) is 2.43. The van der Waals surface area contributed by atoms with Gasteiger partial charge in [-0.3, -0.25) is 0 Å². The van der Waals surface area contributed by atoms with Crippen LogP contribution in [0.15, 0.2) is 34.9 Å². The van der Waals surface area contributed by atoms with Crippen LogP contribution in [-0.2, 0) is 5.88 Å². The van der Waals surface area contributed by atoms with Crippen LogP contribution in [0.3, 0.4) is 0 Å². The predicted octanol–water partition coefficient (Wildman–Crippen LogP) is 2.97. The Morgan fingerprint density at radius 2 is 2.19 bits per heavy atom. The van der Waals surface area contributed by atoms with E-state index in [-0.39, 0.29) is 11.8 Å². The Balaban J connectivity index is 2.01. The quantitative estimate of drug-likeness (QED) is 0.748. The number of alkyl halides is 1. The zero-order chi connectivity index (χ0) is 11.0. The highest BCUT2D eigenvalue weighted by Crippen LogP contribution is 2.33. The van der Waals surface area contributed by atoms with E-state index in [0.29, 0.717) is 11.7 Å². The molecule has 1 aromatic heterocycles. The van der Waals surface area contributed by atoms with Crippen LogP contribution in [0, 0.1) is 0 Å². The summed E-state index contributed by atoms with van der Waals surface area (Å²) >= 11 is 5.63. The van der Waals surface area contributed by atoms with E-state index in [2.05, 4.69) is 34.4 Å². The first-order valence-corrected chi connectivity index (χ1v) is 5.57. The highest BCUT2D eigenvalue weighted by Gasteiger charge is 2.23. The highest BCUT2D eigenvalue weighted by atomic mass is 35.5. The van der Waals surface area contributed by atoms with E-state index in [0.717, 1.165) is 0 Å². The van der Waals surface area contributed by atoms with Crippen molar-refractivity contribution in [1.82, 2.24) is 10.1 Å². The average molecular weight is 233 g/mol. The predicted molar refractivity (Wildman–Crippen MR) is 61.2 cm³/mol. The van der Waals surface area contributed by atoms with Crippen LogP contribution < -0.4 is 0 Å². The summed E-state index contributed by atoms with van der Waals surface area (Å²) in [6.07, 6.45) is 4.16. The Morgan fingerprint density at radius 3 is 3.00 bits per heavy atom. The molecule has 80 valence electrons. The first-order valence-electron chi connectivity index (χ1n) is 5.04. The third-order valence-electron chi connectivity index (χ3n) is 2.68. The summed E-state index contributed by atoms with van der Waals surface area (Å²) in [4.78, 5) is 4.25. The normalized spacial score (nSPS) is 17.7. The van der Waals surface area contributed by atoms with E-state index in [1.165, 1.54) is 11.1 Å². The maximum atomic E-state index is 5.63. The molecule has 0 fully saturated rings. The van der Waals surface area contributed by atoms with Gasteiger partial charge in [-0.1, -0.05) is 41.6 Å². The molecule has 0 spiro atoms. The number of hydrogen-bond acceptors (Lipinski definition) is 3. The van der Waals surface area contributed by atoms with Gasteiger partial charge in [-0.2, -0.15) is 4.98 Å². The van der Waals surface area contributed by atoms with Crippen LogP contribution >= 0.6 is 11.6 Å². The van der Waals surface area contributed by atoms with Crippen LogP contribution in [-0.4, -0.2) is 10.1 Å². The van der Waals surface area contributed by atoms with Gasteiger partial charge in [0.25, 0.3) is 0 Å². The van der Waals surface area contributed by atoms with Crippen molar-refractivity contribution in [2.45, 2.75) is 11.8 Å². The number of aromatic nitrogens is 2. The van der Waals surface area contributed by atoms with E-state index >= 15 is 0 Å². The van der Waals surface area contributed by atoms with E-state index in [4.69, 9.17) is 16.1 Å². The van der Waals surface area contributed by atoms with Gasteiger partial charge in [0.2, 0.25) is 5.89 Å². The van der Waals surface area contributed by atoms with Crippen LogP contribution in [0.1, 0.15) is 28.8 Å².